The molecule has 1 rings (SSSR count). The van der Waals surface area contributed by atoms with E-state index in [1.54, 1.807) is 21.6 Å². The van der Waals surface area contributed by atoms with Crippen LogP contribution in [0.15, 0.2) is 0 Å². The number of aliphatic carboxylic acids is 1. The smallest absolute Gasteiger partial charge is 0.304 e. The third-order valence-corrected chi connectivity index (χ3v) is 6.08. The Morgan fingerprint density at radius 2 is 2.00 bits per heavy atom. The minimum atomic E-state index is -0.766. The van der Waals surface area contributed by atoms with Gasteiger partial charge in [-0.15, -0.1) is 0 Å². The van der Waals surface area contributed by atoms with Crippen LogP contribution in [0.4, 0.5) is 0 Å². The van der Waals surface area contributed by atoms with Crippen molar-refractivity contribution in [2.45, 2.75) is 39.0 Å². The van der Waals surface area contributed by atoms with Gasteiger partial charge in [-0.1, -0.05) is 28.0 Å². The van der Waals surface area contributed by atoms with Crippen molar-refractivity contribution in [2.24, 2.45) is 5.41 Å². The second-order valence-electron chi connectivity index (χ2n) is 5.12. The number of nitrogens with one attached hydrogen (secondary N) is 1. The molecular formula is C14H25NO4S2. The summed E-state index contributed by atoms with van der Waals surface area (Å²) in [6.07, 6.45) is 4.05. The summed E-state index contributed by atoms with van der Waals surface area (Å²) in [5.41, 5.74) is -0.198. The summed E-state index contributed by atoms with van der Waals surface area (Å²) in [4.78, 5) is 22.6. The fourth-order valence-corrected chi connectivity index (χ4v) is 4.13. The first kappa shape index (κ1) is 18.6. The van der Waals surface area contributed by atoms with Crippen LogP contribution < -0.4 is 5.32 Å². The van der Waals surface area contributed by atoms with Crippen molar-refractivity contribution < 1.29 is 19.4 Å². The SMILES string of the molecule is CCOCCC1(C(=O)NCCSSCCC(=O)O)CCC1. The van der Waals surface area contributed by atoms with Crippen molar-refractivity contribution in [3.63, 3.8) is 0 Å². The maximum Gasteiger partial charge on any atom is 0.304 e. The molecule has 5 nitrogen and oxygen atoms in total. The molecule has 0 heterocycles. The Balaban J connectivity index is 2.10. The highest BCUT2D eigenvalue weighted by atomic mass is 33.1. The van der Waals surface area contributed by atoms with Crippen molar-refractivity contribution in [1.82, 2.24) is 5.32 Å². The molecule has 2 N–H and O–H groups in total. The number of ether oxygens (including phenoxy) is 1. The zero-order valence-corrected chi connectivity index (χ0v) is 14.2. The predicted molar refractivity (Wildman–Crippen MR) is 87.6 cm³/mol. The Bertz CT molecular complexity index is 335. The Kier molecular flexibility index (Phi) is 9.19. The van der Waals surface area contributed by atoms with Gasteiger partial charge in [0.25, 0.3) is 0 Å². The van der Waals surface area contributed by atoms with E-state index in [0.29, 0.717) is 25.5 Å². The maximum atomic E-state index is 12.3. The lowest BCUT2D eigenvalue weighted by molar-refractivity contribution is -0.138. The summed E-state index contributed by atoms with van der Waals surface area (Å²) >= 11 is 0. The molecule has 1 saturated carbocycles. The molecule has 1 aliphatic carbocycles. The number of rotatable bonds is 12. The molecule has 1 aliphatic rings. The molecule has 0 aromatic heterocycles. The normalized spacial score (nSPS) is 16.2. The molecule has 0 aromatic rings. The molecule has 0 bridgehead atoms. The number of carbonyl (C=O) groups is 2. The van der Waals surface area contributed by atoms with E-state index < -0.39 is 5.97 Å². The van der Waals surface area contributed by atoms with Crippen LogP contribution in [0.25, 0.3) is 0 Å². The van der Waals surface area contributed by atoms with Crippen LogP contribution in [0.2, 0.25) is 0 Å². The first-order valence-electron chi connectivity index (χ1n) is 7.43. The minimum Gasteiger partial charge on any atom is -0.481 e. The second-order valence-corrected chi connectivity index (χ2v) is 7.83. The van der Waals surface area contributed by atoms with Gasteiger partial charge in [-0.3, -0.25) is 9.59 Å². The second kappa shape index (κ2) is 10.3. The molecule has 0 aliphatic heterocycles. The van der Waals surface area contributed by atoms with Crippen molar-refractivity contribution in [1.29, 1.82) is 0 Å². The van der Waals surface area contributed by atoms with Gasteiger partial charge in [0, 0.05) is 31.3 Å². The molecule has 0 saturated heterocycles. The molecule has 7 heteroatoms. The summed E-state index contributed by atoms with van der Waals surface area (Å²) in [5.74, 6) is 0.797. The Labute approximate surface area is 134 Å². The van der Waals surface area contributed by atoms with E-state index in [-0.39, 0.29) is 17.7 Å². The first-order chi connectivity index (χ1) is 10.1. The Hall–Kier alpha value is -0.400. The van der Waals surface area contributed by atoms with E-state index in [0.717, 1.165) is 31.4 Å². The molecule has 122 valence electrons. The topological polar surface area (TPSA) is 75.6 Å². The van der Waals surface area contributed by atoms with Crippen LogP contribution in [0, 0.1) is 5.41 Å². The van der Waals surface area contributed by atoms with Crippen LogP contribution in [-0.4, -0.2) is 48.2 Å². The van der Waals surface area contributed by atoms with E-state index >= 15 is 0 Å². The van der Waals surface area contributed by atoms with Crippen LogP contribution in [-0.2, 0) is 14.3 Å². The Morgan fingerprint density at radius 3 is 2.57 bits per heavy atom. The average Bonchev–Trinajstić information content (AvgIpc) is 2.40. The minimum absolute atomic E-state index is 0.157. The van der Waals surface area contributed by atoms with Crippen LogP contribution >= 0.6 is 21.6 Å². The number of carbonyl (C=O) groups excluding carboxylic acids is 1. The first-order valence-corrected chi connectivity index (χ1v) is 9.92. The summed E-state index contributed by atoms with van der Waals surface area (Å²) < 4.78 is 5.37. The lowest BCUT2D eigenvalue weighted by Crippen LogP contribution is -2.46. The van der Waals surface area contributed by atoms with E-state index in [2.05, 4.69) is 5.32 Å². The van der Waals surface area contributed by atoms with Crippen LogP contribution in [0.1, 0.15) is 39.0 Å². The molecule has 0 aromatic carbocycles. The third-order valence-electron chi connectivity index (χ3n) is 3.67. The van der Waals surface area contributed by atoms with Crippen molar-refractivity contribution in [3.8, 4) is 0 Å². The van der Waals surface area contributed by atoms with Gasteiger partial charge in [-0.05, 0) is 26.2 Å². The van der Waals surface area contributed by atoms with Gasteiger partial charge >= 0.3 is 5.97 Å². The number of carboxylic acids is 1. The van der Waals surface area contributed by atoms with E-state index in [1.165, 1.54) is 0 Å². The van der Waals surface area contributed by atoms with Gasteiger partial charge in [-0.2, -0.15) is 0 Å². The van der Waals surface area contributed by atoms with Gasteiger partial charge in [0.1, 0.15) is 0 Å². The standard InChI is InChI=1S/C14H25NO4S2/c1-2-19-9-7-14(5-3-6-14)13(18)15-8-11-21-20-10-4-12(16)17/h2-11H2,1H3,(H,15,18)(H,16,17). The molecule has 0 atom stereocenters. The summed E-state index contributed by atoms with van der Waals surface area (Å²) in [6.45, 7) is 3.96. The van der Waals surface area contributed by atoms with Crippen LogP contribution in [0.5, 0.6) is 0 Å². The summed E-state index contributed by atoms with van der Waals surface area (Å²) in [5, 5.41) is 11.5. The van der Waals surface area contributed by atoms with E-state index in [9.17, 15) is 9.59 Å². The van der Waals surface area contributed by atoms with Gasteiger partial charge in [0.15, 0.2) is 0 Å². The van der Waals surface area contributed by atoms with Crippen molar-refractivity contribution in [2.75, 3.05) is 31.3 Å². The molecule has 21 heavy (non-hydrogen) atoms. The highest BCUT2D eigenvalue weighted by Crippen LogP contribution is 2.44. The van der Waals surface area contributed by atoms with E-state index in [4.69, 9.17) is 9.84 Å². The predicted octanol–water partition coefficient (Wildman–Crippen LogP) is 2.56. The largest absolute Gasteiger partial charge is 0.481 e. The molecule has 0 unspecified atom stereocenters. The van der Waals surface area contributed by atoms with Gasteiger partial charge in [-0.25, -0.2) is 0 Å². The number of amides is 1. The third kappa shape index (κ3) is 6.93. The lowest BCUT2D eigenvalue weighted by Gasteiger charge is -2.40. The van der Waals surface area contributed by atoms with Crippen LogP contribution in [0.3, 0.4) is 0 Å². The number of hydrogen-bond acceptors (Lipinski definition) is 5. The average molecular weight is 335 g/mol. The zero-order chi connectivity index (χ0) is 15.6. The zero-order valence-electron chi connectivity index (χ0n) is 12.6. The van der Waals surface area contributed by atoms with Gasteiger partial charge in [0.2, 0.25) is 5.91 Å². The van der Waals surface area contributed by atoms with E-state index in [1.807, 2.05) is 6.92 Å². The number of carboxylic acid groups (broad SMARTS) is 1. The summed E-state index contributed by atoms with van der Waals surface area (Å²) in [6, 6.07) is 0. The highest BCUT2D eigenvalue weighted by molar-refractivity contribution is 8.76. The molecule has 0 spiro atoms. The Morgan fingerprint density at radius 1 is 1.29 bits per heavy atom. The maximum absolute atomic E-state index is 12.3. The fourth-order valence-electron chi connectivity index (χ4n) is 2.25. The number of hydrogen-bond donors (Lipinski definition) is 2. The molecule has 1 amide bonds. The lowest BCUT2D eigenvalue weighted by atomic mass is 9.66. The van der Waals surface area contributed by atoms with Gasteiger partial charge in [0.05, 0.1) is 11.8 Å². The summed E-state index contributed by atoms with van der Waals surface area (Å²) in [7, 11) is 3.15. The fraction of sp³-hybridized carbons (Fsp3) is 0.857. The molecular weight excluding hydrogens is 310 g/mol. The molecule has 0 radical (unpaired) electrons. The monoisotopic (exact) mass is 335 g/mol. The highest BCUT2D eigenvalue weighted by Gasteiger charge is 2.43. The van der Waals surface area contributed by atoms with Crippen molar-refractivity contribution in [3.05, 3.63) is 0 Å². The van der Waals surface area contributed by atoms with Crippen molar-refractivity contribution >= 4 is 33.5 Å². The van der Waals surface area contributed by atoms with Gasteiger partial charge < -0.3 is 15.2 Å². The quantitative estimate of drug-likeness (QED) is 0.422. The molecule has 1 fully saturated rings.